The van der Waals surface area contributed by atoms with Crippen molar-refractivity contribution < 1.29 is 24.4 Å². The zero-order chi connectivity index (χ0) is 20.3. The number of carbonyl (C=O) groups excluding carboxylic acids is 2. The fraction of sp³-hybridized carbons (Fsp3) is 0.263. The number of carbonyl (C=O) groups is 2. The Morgan fingerprint density at radius 3 is 2.75 bits per heavy atom. The van der Waals surface area contributed by atoms with Crippen LogP contribution in [-0.2, 0) is 16.0 Å². The second kappa shape index (κ2) is 8.05. The van der Waals surface area contributed by atoms with E-state index in [1.54, 1.807) is 19.1 Å². The predicted molar refractivity (Wildman–Crippen MR) is 100 cm³/mol. The summed E-state index contributed by atoms with van der Waals surface area (Å²) in [6, 6.07) is 9.20. The molecule has 2 amide bonds. The van der Waals surface area contributed by atoms with Gasteiger partial charge < -0.3 is 20.5 Å². The molecule has 0 fully saturated rings. The van der Waals surface area contributed by atoms with Gasteiger partial charge in [-0.05, 0) is 41.8 Å². The lowest BCUT2D eigenvalue weighted by Gasteiger charge is -2.13. The molecule has 3 rings (SSSR count). The highest BCUT2D eigenvalue weighted by molar-refractivity contribution is 6.39. The number of benzene rings is 2. The van der Waals surface area contributed by atoms with Crippen molar-refractivity contribution in [2.75, 3.05) is 18.5 Å². The molecule has 1 aliphatic heterocycles. The summed E-state index contributed by atoms with van der Waals surface area (Å²) in [4.78, 5) is 34.2. The second-order valence-electron chi connectivity index (χ2n) is 6.40. The minimum atomic E-state index is -0.969. The number of anilines is 1. The molecule has 1 atom stereocenters. The van der Waals surface area contributed by atoms with Crippen LogP contribution in [0.2, 0.25) is 0 Å². The summed E-state index contributed by atoms with van der Waals surface area (Å²) in [5.41, 5.74) is 2.26. The third-order valence-corrected chi connectivity index (χ3v) is 4.43. The second-order valence-corrected chi connectivity index (χ2v) is 6.40. The molecule has 0 bridgehead atoms. The summed E-state index contributed by atoms with van der Waals surface area (Å²) in [5, 5.41) is 25.8. The van der Waals surface area contributed by atoms with E-state index in [1.807, 2.05) is 6.07 Å². The summed E-state index contributed by atoms with van der Waals surface area (Å²) in [5.74, 6) is -1.05. The van der Waals surface area contributed by atoms with Crippen LogP contribution in [-0.4, -0.2) is 35.0 Å². The molecule has 0 spiro atoms. The molecule has 146 valence electrons. The molecule has 0 radical (unpaired) electrons. The number of amides is 2. The van der Waals surface area contributed by atoms with Gasteiger partial charge in [0.05, 0.1) is 17.6 Å². The topological polar surface area (TPSA) is 131 Å². The summed E-state index contributed by atoms with van der Waals surface area (Å²) in [7, 11) is 0. The van der Waals surface area contributed by atoms with Crippen LogP contribution in [0.5, 0.6) is 5.75 Å². The Morgan fingerprint density at radius 2 is 2.04 bits per heavy atom. The molecule has 0 aliphatic carbocycles. The number of ether oxygens (including phenoxy) is 1. The van der Waals surface area contributed by atoms with Gasteiger partial charge in [0.2, 0.25) is 0 Å². The number of fused-ring (bicyclic) bond motifs is 1. The molecule has 0 saturated carbocycles. The number of nitrogens with one attached hydrogen (secondary N) is 2. The molecule has 28 heavy (non-hydrogen) atoms. The van der Waals surface area contributed by atoms with Crippen LogP contribution in [0.3, 0.4) is 0 Å². The Balaban J connectivity index is 1.56. The Hall–Kier alpha value is -3.46. The first-order valence-electron chi connectivity index (χ1n) is 8.63. The summed E-state index contributed by atoms with van der Waals surface area (Å²) in [6.07, 6.45) is -0.206. The first kappa shape index (κ1) is 19.3. The molecule has 1 aliphatic rings. The molecule has 1 heterocycles. The van der Waals surface area contributed by atoms with E-state index in [9.17, 15) is 24.8 Å². The SMILES string of the molecule is Cc1cc([N+](=O)[O-])ccc1NC(=O)C(=O)NCC(O)c1ccc2c(c1)CCO2. The highest BCUT2D eigenvalue weighted by Crippen LogP contribution is 2.28. The first-order valence-corrected chi connectivity index (χ1v) is 8.63. The van der Waals surface area contributed by atoms with Crippen molar-refractivity contribution in [3.63, 3.8) is 0 Å². The minimum Gasteiger partial charge on any atom is -0.493 e. The van der Waals surface area contributed by atoms with E-state index in [0.717, 1.165) is 17.7 Å². The van der Waals surface area contributed by atoms with Crippen molar-refractivity contribution in [1.82, 2.24) is 5.32 Å². The molecular formula is C19H19N3O6. The lowest BCUT2D eigenvalue weighted by Crippen LogP contribution is -2.37. The minimum absolute atomic E-state index is 0.109. The van der Waals surface area contributed by atoms with Crippen LogP contribution < -0.4 is 15.4 Å². The number of non-ortho nitro benzene ring substituents is 1. The van der Waals surface area contributed by atoms with Crippen molar-refractivity contribution in [2.45, 2.75) is 19.4 Å². The predicted octanol–water partition coefficient (Wildman–Crippen LogP) is 1.63. The fourth-order valence-corrected chi connectivity index (χ4v) is 2.88. The molecule has 0 aromatic heterocycles. The Labute approximate surface area is 160 Å². The highest BCUT2D eigenvalue weighted by Gasteiger charge is 2.19. The van der Waals surface area contributed by atoms with Gasteiger partial charge in [-0.25, -0.2) is 0 Å². The van der Waals surface area contributed by atoms with Gasteiger partial charge in [-0.1, -0.05) is 6.07 Å². The summed E-state index contributed by atoms with van der Waals surface area (Å²) < 4.78 is 5.41. The molecular weight excluding hydrogens is 366 g/mol. The largest absolute Gasteiger partial charge is 0.493 e. The van der Waals surface area contributed by atoms with E-state index in [0.29, 0.717) is 23.4 Å². The van der Waals surface area contributed by atoms with E-state index in [1.165, 1.54) is 18.2 Å². The van der Waals surface area contributed by atoms with Gasteiger partial charge in [-0.3, -0.25) is 19.7 Å². The number of aryl methyl sites for hydroxylation is 1. The first-order chi connectivity index (χ1) is 13.3. The van der Waals surface area contributed by atoms with Gasteiger partial charge in [0.1, 0.15) is 5.75 Å². The van der Waals surface area contributed by atoms with Crippen LogP contribution in [0.4, 0.5) is 11.4 Å². The van der Waals surface area contributed by atoms with Crippen molar-refractivity contribution in [3.8, 4) is 5.75 Å². The molecule has 1 unspecified atom stereocenters. The molecule has 3 N–H and O–H groups in total. The van der Waals surface area contributed by atoms with Crippen molar-refractivity contribution in [1.29, 1.82) is 0 Å². The van der Waals surface area contributed by atoms with Crippen LogP contribution >= 0.6 is 0 Å². The smallest absolute Gasteiger partial charge is 0.313 e. The number of nitro benzene ring substituents is 1. The summed E-state index contributed by atoms with van der Waals surface area (Å²) in [6.45, 7) is 2.06. The number of aliphatic hydroxyl groups is 1. The Bertz CT molecular complexity index is 943. The standard InChI is InChI=1S/C19H19N3O6/c1-11-8-14(22(26)27)3-4-15(11)21-19(25)18(24)20-10-16(23)12-2-5-17-13(9-12)6-7-28-17/h2-5,8-9,16,23H,6-7,10H2,1H3,(H,20,24)(H,21,25). The van der Waals surface area contributed by atoms with Crippen molar-refractivity contribution in [2.24, 2.45) is 0 Å². The van der Waals surface area contributed by atoms with E-state index < -0.39 is 22.8 Å². The third-order valence-electron chi connectivity index (χ3n) is 4.43. The number of nitrogens with zero attached hydrogens (tertiary/aromatic N) is 1. The van der Waals surface area contributed by atoms with E-state index in [2.05, 4.69) is 10.6 Å². The molecule has 0 saturated heterocycles. The number of hydrogen-bond acceptors (Lipinski definition) is 6. The van der Waals surface area contributed by atoms with Crippen LogP contribution in [0.15, 0.2) is 36.4 Å². The average Bonchev–Trinajstić information content (AvgIpc) is 3.14. The monoisotopic (exact) mass is 385 g/mol. The molecule has 9 heteroatoms. The Kier molecular flexibility index (Phi) is 5.55. The van der Waals surface area contributed by atoms with Crippen LogP contribution in [0.1, 0.15) is 22.8 Å². The zero-order valence-electron chi connectivity index (χ0n) is 15.1. The fourth-order valence-electron chi connectivity index (χ4n) is 2.88. The van der Waals surface area contributed by atoms with Crippen LogP contribution in [0, 0.1) is 17.0 Å². The van der Waals surface area contributed by atoms with E-state index in [-0.39, 0.29) is 12.2 Å². The lowest BCUT2D eigenvalue weighted by molar-refractivity contribution is -0.384. The maximum Gasteiger partial charge on any atom is 0.313 e. The number of nitro groups is 1. The van der Waals surface area contributed by atoms with Crippen molar-refractivity contribution in [3.05, 3.63) is 63.2 Å². The number of hydrogen-bond donors (Lipinski definition) is 3. The molecule has 2 aromatic carbocycles. The van der Waals surface area contributed by atoms with Gasteiger partial charge in [0, 0.05) is 30.8 Å². The average molecular weight is 385 g/mol. The van der Waals surface area contributed by atoms with Crippen LogP contribution in [0.25, 0.3) is 0 Å². The maximum atomic E-state index is 12.0. The normalized spacial score (nSPS) is 13.2. The lowest BCUT2D eigenvalue weighted by atomic mass is 10.0. The molecule has 2 aromatic rings. The van der Waals surface area contributed by atoms with Crippen molar-refractivity contribution >= 4 is 23.2 Å². The van der Waals surface area contributed by atoms with Gasteiger partial charge in [-0.15, -0.1) is 0 Å². The van der Waals surface area contributed by atoms with E-state index in [4.69, 9.17) is 4.74 Å². The van der Waals surface area contributed by atoms with Gasteiger partial charge in [0.25, 0.3) is 5.69 Å². The highest BCUT2D eigenvalue weighted by atomic mass is 16.6. The number of rotatable bonds is 5. The summed E-state index contributed by atoms with van der Waals surface area (Å²) >= 11 is 0. The van der Waals surface area contributed by atoms with Gasteiger partial charge in [0.15, 0.2) is 0 Å². The third kappa shape index (κ3) is 4.26. The Morgan fingerprint density at radius 1 is 1.25 bits per heavy atom. The zero-order valence-corrected chi connectivity index (χ0v) is 15.1. The molecule has 9 nitrogen and oxygen atoms in total. The maximum absolute atomic E-state index is 12.0. The van der Waals surface area contributed by atoms with Gasteiger partial charge >= 0.3 is 11.8 Å². The number of aliphatic hydroxyl groups excluding tert-OH is 1. The van der Waals surface area contributed by atoms with Gasteiger partial charge in [-0.2, -0.15) is 0 Å². The quantitative estimate of drug-likeness (QED) is 0.407. The van der Waals surface area contributed by atoms with E-state index >= 15 is 0 Å².